The molecule has 6 nitrogen and oxygen atoms in total. The van der Waals surface area contributed by atoms with Crippen LogP contribution in [0.1, 0.15) is 57.8 Å². The van der Waals surface area contributed by atoms with Gasteiger partial charge in [-0.3, -0.25) is 4.79 Å². The molecule has 0 spiro atoms. The van der Waals surface area contributed by atoms with Crippen LogP contribution in [0.4, 0.5) is 4.79 Å². The van der Waals surface area contributed by atoms with E-state index < -0.39 is 0 Å². The number of amides is 3. The zero-order chi connectivity index (χ0) is 18.9. The summed E-state index contributed by atoms with van der Waals surface area (Å²) in [5.41, 5.74) is 0.0397. The summed E-state index contributed by atoms with van der Waals surface area (Å²) < 4.78 is 0. The van der Waals surface area contributed by atoms with E-state index in [2.05, 4.69) is 16.0 Å². The number of hydrogen-bond donors (Lipinski definition) is 3. The van der Waals surface area contributed by atoms with Crippen LogP contribution in [0, 0.1) is 23.7 Å². The summed E-state index contributed by atoms with van der Waals surface area (Å²) in [5, 5.41) is 9.49. The average Bonchev–Trinajstić information content (AvgIpc) is 2.61. The third-order valence-electron chi connectivity index (χ3n) is 7.50. The maximum atomic E-state index is 12.4. The molecule has 27 heavy (non-hydrogen) atoms. The van der Waals surface area contributed by atoms with E-state index in [-0.39, 0.29) is 17.5 Å². The number of nitrogens with one attached hydrogen (secondary N) is 3. The summed E-state index contributed by atoms with van der Waals surface area (Å²) in [6.07, 6.45) is 10.2. The van der Waals surface area contributed by atoms with Crippen LogP contribution in [-0.2, 0) is 4.79 Å². The highest BCUT2D eigenvalue weighted by Gasteiger charge is 2.51. The highest BCUT2D eigenvalue weighted by atomic mass is 16.2. The van der Waals surface area contributed by atoms with Crippen molar-refractivity contribution in [2.75, 3.05) is 33.2 Å². The van der Waals surface area contributed by atoms with E-state index in [9.17, 15) is 9.59 Å². The molecular formula is C21H36N4O2. The van der Waals surface area contributed by atoms with Crippen molar-refractivity contribution >= 4 is 11.9 Å². The number of likely N-dealkylation sites (tertiary alicyclic amines) is 1. The summed E-state index contributed by atoms with van der Waals surface area (Å²) >= 11 is 0. The molecule has 0 atom stereocenters. The first-order chi connectivity index (χ1) is 13.0. The Kier molecular flexibility index (Phi) is 5.62. The fourth-order valence-electron chi connectivity index (χ4n) is 6.67. The molecule has 1 aliphatic heterocycles. The summed E-state index contributed by atoms with van der Waals surface area (Å²) in [6, 6.07) is -0.0718. The van der Waals surface area contributed by atoms with Crippen molar-refractivity contribution in [2.24, 2.45) is 23.7 Å². The molecule has 1 heterocycles. The third-order valence-corrected chi connectivity index (χ3v) is 7.50. The molecule has 5 rings (SSSR count). The van der Waals surface area contributed by atoms with Crippen LogP contribution in [0.5, 0.6) is 0 Å². The molecule has 0 aromatic heterocycles. The van der Waals surface area contributed by atoms with E-state index in [1.807, 2.05) is 11.9 Å². The predicted octanol–water partition coefficient (Wildman–Crippen LogP) is 2.10. The number of hydrogen-bond acceptors (Lipinski definition) is 3. The first kappa shape index (κ1) is 19.0. The number of carbonyl (C=O) groups excluding carboxylic acids is 2. The largest absolute Gasteiger partial charge is 0.343 e. The minimum atomic E-state index is -0.0718. The number of piperidine rings is 1. The lowest BCUT2D eigenvalue weighted by molar-refractivity contribution is -0.132. The Bertz CT molecular complexity index is 521. The van der Waals surface area contributed by atoms with Crippen LogP contribution < -0.4 is 16.0 Å². The second-order valence-electron chi connectivity index (χ2n) is 9.71. The maximum absolute atomic E-state index is 12.4. The second kappa shape index (κ2) is 7.98. The smallest absolute Gasteiger partial charge is 0.315 e. The van der Waals surface area contributed by atoms with Gasteiger partial charge in [0.1, 0.15) is 0 Å². The molecule has 0 radical (unpaired) electrons. The third kappa shape index (κ3) is 4.41. The molecule has 0 unspecified atom stereocenters. The number of carbonyl (C=O) groups is 2. The normalized spacial score (nSPS) is 35.3. The monoisotopic (exact) mass is 376 g/mol. The molecule has 0 aromatic rings. The van der Waals surface area contributed by atoms with Gasteiger partial charge in [-0.15, -0.1) is 0 Å². The van der Waals surface area contributed by atoms with Gasteiger partial charge >= 0.3 is 6.03 Å². The molecule has 4 saturated carbocycles. The van der Waals surface area contributed by atoms with E-state index in [4.69, 9.17) is 0 Å². The lowest BCUT2D eigenvalue weighted by Crippen LogP contribution is -2.61. The molecule has 3 N–H and O–H groups in total. The zero-order valence-electron chi connectivity index (χ0n) is 16.8. The summed E-state index contributed by atoms with van der Waals surface area (Å²) in [6.45, 7) is 3.18. The summed E-state index contributed by atoms with van der Waals surface area (Å²) in [5.74, 6) is 3.33. The molecule has 1 saturated heterocycles. The number of nitrogens with zero attached hydrogens (tertiary/aromatic N) is 1. The highest BCUT2D eigenvalue weighted by Crippen LogP contribution is 2.55. The van der Waals surface area contributed by atoms with Crippen molar-refractivity contribution in [2.45, 2.75) is 63.3 Å². The molecule has 4 bridgehead atoms. The van der Waals surface area contributed by atoms with Crippen LogP contribution in [-0.4, -0.2) is 55.6 Å². The van der Waals surface area contributed by atoms with Gasteiger partial charge in [-0.2, -0.15) is 0 Å². The molecule has 152 valence electrons. The standard InChI is InChI=1S/C21H36N4O2/c1-22-14-15-3-6-25(7-4-15)19(26)2-5-23-20(27)24-21-11-16-8-17(12-21)10-18(9-16)13-21/h15-18,22H,2-14H2,1H3,(H2,23,24,27). The Morgan fingerprint density at radius 1 is 1.00 bits per heavy atom. The minimum Gasteiger partial charge on any atom is -0.343 e. The molecule has 5 fully saturated rings. The van der Waals surface area contributed by atoms with E-state index in [1.165, 1.54) is 19.3 Å². The predicted molar refractivity (Wildman–Crippen MR) is 105 cm³/mol. The number of urea groups is 1. The SMILES string of the molecule is CNCC1CCN(C(=O)CCNC(=O)NC23CC4CC(CC(C4)C2)C3)CC1. The second-order valence-corrected chi connectivity index (χ2v) is 9.71. The molecule has 5 aliphatic rings. The fourth-order valence-corrected chi connectivity index (χ4v) is 6.67. The Labute approximate surface area is 163 Å². The molecular weight excluding hydrogens is 340 g/mol. The fraction of sp³-hybridized carbons (Fsp3) is 0.905. The van der Waals surface area contributed by atoms with Gasteiger partial charge in [0, 0.05) is 31.6 Å². The van der Waals surface area contributed by atoms with Crippen LogP contribution >= 0.6 is 0 Å². The van der Waals surface area contributed by atoms with Gasteiger partial charge in [-0.1, -0.05) is 0 Å². The minimum absolute atomic E-state index is 0.0397. The maximum Gasteiger partial charge on any atom is 0.315 e. The first-order valence-electron chi connectivity index (χ1n) is 11.0. The van der Waals surface area contributed by atoms with E-state index in [0.717, 1.165) is 69.5 Å². The summed E-state index contributed by atoms with van der Waals surface area (Å²) in [4.78, 5) is 26.8. The highest BCUT2D eigenvalue weighted by molar-refractivity contribution is 5.78. The van der Waals surface area contributed by atoms with Gasteiger partial charge < -0.3 is 20.9 Å². The van der Waals surface area contributed by atoms with E-state index in [0.29, 0.717) is 18.9 Å². The number of rotatable bonds is 6. The van der Waals surface area contributed by atoms with Crippen LogP contribution in [0.3, 0.4) is 0 Å². The van der Waals surface area contributed by atoms with Crippen LogP contribution in [0.2, 0.25) is 0 Å². The molecule has 3 amide bonds. The van der Waals surface area contributed by atoms with E-state index >= 15 is 0 Å². The van der Waals surface area contributed by atoms with Gasteiger partial charge in [-0.25, -0.2) is 4.79 Å². The van der Waals surface area contributed by atoms with Crippen molar-refractivity contribution in [3.63, 3.8) is 0 Å². The van der Waals surface area contributed by atoms with Crippen molar-refractivity contribution < 1.29 is 9.59 Å². The molecule has 4 aliphatic carbocycles. The van der Waals surface area contributed by atoms with Crippen molar-refractivity contribution in [1.29, 1.82) is 0 Å². The summed E-state index contributed by atoms with van der Waals surface area (Å²) in [7, 11) is 1.98. The van der Waals surface area contributed by atoms with Crippen molar-refractivity contribution in [1.82, 2.24) is 20.9 Å². The Balaban J connectivity index is 1.17. The van der Waals surface area contributed by atoms with Crippen molar-refractivity contribution in [3.05, 3.63) is 0 Å². The quantitative estimate of drug-likeness (QED) is 0.665. The van der Waals surface area contributed by atoms with Crippen molar-refractivity contribution in [3.8, 4) is 0 Å². The Morgan fingerprint density at radius 3 is 2.15 bits per heavy atom. The van der Waals surface area contributed by atoms with Gasteiger partial charge in [-0.05, 0) is 88.6 Å². The average molecular weight is 377 g/mol. The molecule has 0 aromatic carbocycles. The van der Waals surface area contributed by atoms with Gasteiger partial charge in [0.2, 0.25) is 5.91 Å². The Hall–Kier alpha value is -1.30. The van der Waals surface area contributed by atoms with Gasteiger partial charge in [0.05, 0.1) is 0 Å². The van der Waals surface area contributed by atoms with Gasteiger partial charge in [0.25, 0.3) is 0 Å². The zero-order valence-corrected chi connectivity index (χ0v) is 16.8. The lowest BCUT2D eigenvalue weighted by Gasteiger charge is -2.56. The first-order valence-corrected chi connectivity index (χ1v) is 11.0. The van der Waals surface area contributed by atoms with Crippen LogP contribution in [0.15, 0.2) is 0 Å². The van der Waals surface area contributed by atoms with E-state index in [1.54, 1.807) is 0 Å². The topological polar surface area (TPSA) is 73.5 Å². The lowest BCUT2D eigenvalue weighted by atomic mass is 9.53. The molecule has 6 heteroatoms. The Morgan fingerprint density at radius 2 is 1.59 bits per heavy atom. The van der Waals surface area contributed by atoms with Crippen LogP contribution in [0.25, 0.3) is 0 Å². The van der Waals surface area contributed by atoms with Gasteiger partial charge in [0.15, 0.2) is 0 Å².